The van der Waals surface area contributed by atoms with E-state index < -0.39 is 6.10 Å². The van der Waals surface area contributed by atoms with Crippen molar-refractivity contribution in [2.24, 2.45) is 0 Å². The van der Waals surface area contributed by atoms with E-state index in [0.29, 0.717) is 11.6 Å². The van der Waals surface area contributed by atoms with Gasteiger partial charge < -0.3 is 10.0 Å². The lowest BCUT2D eigenvalue weighted by atomic mass is 10.1. The fourth-order valence-electron chi connectivity index (χ4n) is 2.12. The van der Waals surface area contributed by atoms with Crippen molar-refractivity contribution in [2.75, 3.05) is 39.8 Å². The van der Waals surface area contributed by atoms with Crippen LogP contribution in [0.5, 0.6) is 0 Å². The number of halogens is 1. The second-order valence-electron chi connectivity index (χ2n) is 4.64. The summed E-state index contributed by atoms with van der Waals surface area (Å²) >= 11 is 6.07. The summed E-state index contributed by atoms with van der Waals surface area (Å²) in [4.78, 5) is 4.59. The van der Waals surface area contributed by atoms with E-state index >= 15 is 0 Å². The molecule has 0 aliphatic carbocycles. The molecule has 0 amide bonds. The average Bonchev–Trinajstić information content (AvgIpc) is 2.32. The Morgan fingerprint density at radius 1 is 1.24 bits per heavy atom. The molecule has 4 heteroatoms. The lowest BCUT2D eigenvalue weighted by Crippen LogP contribution is -2.45. The molecule has 1 heterocycles. The maximum atomic E-state index is 10.2. The van der Waals surface area contributed by atoms with Gasteiger partial charge in [-0.15, -0.1) is 0 Å². The minimum atomic E-state index is -0.493. The van der Waals surface area contributed by atoms with Gasteiger partial charge in [-0.2, -0.15) is 0 Å². The zero-order chi connectivity index (χ0) is 12.3. The van der Waals surface area contributed by atoms with Gasteiger partial charge >= 0.3 is 0 Å². The van der Waals surface area contributed by atoms with E-state index in [-0.39, 0.29) is 0 Å². The number of benzene rings is 1. The third-order valence-corrected chi connectivity index (χ3v) is 3.64. The van der Waals surface area contributed by atoms with Gasteiger partial charge in [0.15, 0.2) is 0 Å². The Bertz CT molecular complexity index is 364. The molecule has 0 radical (unpaired) electrons. The van der Waals surface area contributed by atoms with Gasteiger partial charge in [0.05, 0.1) is 6.10 Å². The van der Waals surface area contributed by atoms with Crippen LogP contribution in [0.15, 0.2) is 24.3 Å². The zero-order valence-corrected chi connectivity index (χ0v) is 10.9. The molecule has 0 bridgehead atoms. The van der Waals surface area contributed by atoms with E-state index in [2.05, 4.69) is 16.8 Å². The quantitative estimate of drug-likeness (QED) is 0.888. The van der Waals surface area contributed by atoms with Crippen LogP contribution < -0.4 is 0 Å². The van der Waals surface area contributed by atoms with Crippen LogP contribution in [0.2, 0.25) is 5.02 Å². The Balaban J connectivity index is 1.93. The molecule has 0 saturated carbocycles. The molecular weight excluding hydrogens is 236 g/mol. The Kier molecular flexibility index (Phi) is 4.40. The number of likely N-dealkylation sites (N-methyl/N-ethyl adjacent to an activating group) is 1. The van der Waals surface area contributed by atoms with Crippen molar-refractivity contribution >= 4 is 11.6 Å². The molecule has 1 aliphatic heterocycles. The summed E-state index contributed by atoms with van der Waals surface area (Å²) in [6, 6.07) is 7.51. The van der Waals surface area contributed by atoms with Crippen molar-refractivity contribution in [2.45, 2.75) is 6.10 Å². The van der Waals surface area contributed by atoms with Gasteiger partial charge in [0.2, 0.25) is 0 Å². The highest BCUT2D eigenvalue weighted by Gasteiger charge is 2.19. The molecule has 0 aromatic heterocycles. The second-order valence-corrected chi connectivity index (χ2v) is 5.05. The highest BCUT2D eigenvalue weighted by Crippen LogP contribution is 2.23. The van der Waals surface area contributed by atoms with E-state index in [1.165, 1.54) is 0 Å². The molecule has 1 aromatic carbocycles. The Morgan fingerprint density at radius 2 is 1.88 bits per heavy atom. The summed E-state index contributed by atoms with van der Waals surface area (Å²) in [6.07, 6.45) is -0.493. The van der Waals surface area contributed by atoms with Gasteiger partial charge in [-0.3, -0.25) is 4.90 Å². The van der Waals surface area contributed by atoms with Crippen molar-refractivity contribution in [3.05, 3.63) is 34.9 Å². The number of rotatable bonds is 3. The van der Waals surface area contributed by atoms with Crippen LogP contribution in [0.1, 0.15) is 11.7 Å². The van der Waals surface area contributed by atoms with Crippen LogP contribution in [-0.2, 0) is 0 Å². The third kappa shape index (κ3) is 3.42. The molecule has 17 heavy (non-hydrogen) atoms. The number of aliphatic hydroxyl groups is 1. The van der Waals surface area contributed by atoms with Gasteiger partial charge in [0, 0.05) is 43.3 Å². The maximum absolute atomic E-state index is 10.2. The zero-order valence-electron chi connectivity index (χ0n) is 10.1. The predicted octanol–water partition coefficient (Wildman–Crippen LogP) is 1.62. The predicted molar refractivity (Wildman–Crippen MR) is 70.3 cm³/mol. The van der Waals surface area contributed by atoms with Crippen LogP contribution in [-0.4, -0.2) is 54.7 Å². The molecule has 1 aliphatic rings. The van der Waals surface area contributed by atoms with E-state index in [0.717, 1.165) is 31.7 Å². The van der Waals surface area contributed by atoms with Crippen LogP contribution >= 0.6 is 11.6 Å². The summed E-state index contributed by atoms with van der Waals surface area (Å²) in [7, 11) is 2.13. The smallest absolute Gasteiger partial charge is 0.0931 e. The highest BCUT2D eigenvalue weighted by molar-refractivity contribution is 6.31. The molecule has 2 rings (SSSR count). The SMILES string of the molecule is CN1CCN(C[C@@H](O)c2ccccc2Cl)CC1. The summed E-state index contributed by atoms with van der Waals surface area (Å²) in [5, 5.41) is 10.8. The maximum Gasteiger partial charge on any atom is 0.0931 e. The number of piperazine rings is 1. The van der Waals surface area contributed by atoms with Crippen molar-refractivity contribution < 1.29 is 5.11 Å². The standard InChI is InChI=1S/C13H19ClN2O/c1-15-6-8-16(9-7-15)10-13(17)11-4-2-3-5-12(11)14/h2-5,13,17H,6-10H2,1H3/t13-/m1/s1. The normalized spacial score (nSPS) is 20.4. The average molecular weight is 255 g/mol. The van der Waals surface area contributed by atoms with E-state index in [4.69, 9.17) is 11.6 Å². The lowest BCUT2D eigenvalue weighted by Gasteiger charge is -2.33. The van der Waals surface area contributed by atoms with Gasteiger partial charge in [0.25, 0.3) is 0 Å². The Morgan fingerprint density at radius 3 is 2.53 bits per heavy atom. The largest absolute Gasteiger partial charge is 0.387 e. The Labute approximate surface area is 108 Å². The first-order valence-electron chi connectivity index (χ1n) is 6.00. The molecule has 0 spiro atoms. The fourth-order valence-corrected chi connectivity index (χ4v) is 2.38. The van der Waals surface area contributed by atoms with Gasteiger partial charge in [-0.25, -0.2) is 0 Å². The summed E-state index contributed by atoms with van der Waals surface area (Å²) in [5.41, 5.74) is 0.827. The number of β-amino-alcohol motifs (C(OH)–C–C–N with tert-alkyl or cyclic N) is 1. The fraction of sp³-hybridized carbons (Fsp3) is 0.538. The van der Waals surface area contributed by atoms with Crippen molar-refractivity contribution in [3.63, 3.8) is 0 Å². The minimum absolute atomic E-state index is 0.493. The molecule has 1 atom stereocenters. The first-order valence-corrected chi connectivity index (χ1v) is 6.38. The summed E-state index contributed by atoms with van der Waals surface area (Å²) < 4.78 is 0. The topological polar surface area (TPSA) is 26.7 Å². The first-order chi connectivity index (χ1) is 8.16. The molecule has 0 unspecified atom stereocenters. The summed E-state index contributed by atoms with van der Waals surface area (Å²) in [6.45, 7) is 4.82. The van der Waals surface area contributed by atoms with Crippen molar-refractivity contribution in [1.82, 2.24) is 9.80 Å². The van der Waals surface area contributed by atoms with E-state index in [1.807, 2.05) is 24.3 Å². The number of nitrogens with zero attached hydrogens (tertiary/aromatic N) is 2. The monoisotopic (exact) mass is 254 g/mol. The minimum Gasteiger partial charge on any atom is -0.387 e. The van der Waals surface area contributed by atoms with Crippen LogP contribution in [0, 0.1) is 0 Å². The molecule has 1 saturated heterocycles. The molecule has 1 aromatic rings. The summed E-state index contributed by atoms with van der Waals surface area (Å²) in [5.74, 6) is 0. The molecule has 1 N–H and O–H groups in total. The molecule has 3 nitrogen and oxygen atoms in total. The molecule has 94 valence electrons. The van der Waals surface area contributed by atoms with Gasteiger partial charge in [-0.1, -0.05) is 29.8 Å². The van der Waals surface area contributed by atoms with Gasteiger partial charge in [-0.05, 0) is 13.1 Å². The molecular formula is C13H19ClN2O. The van der Waals surface area contributed by atoms with Crippen molar-refractivity contribution in [1.29, 1.82) is 0 Å². The van der Waals surface area contributed by atoms with Gasteiger partial charge in [0.1, 0.15) is 0 Å². The van der Waals surface area contributed by atoms with Crippen LogP contribution in [0.4, 0.5) is 0 Å². The van der Waals surface area contributed by atoms with Crippen LogP contribution in [0.25, 0.3) is 0 Å². The Hall–Kier alpha value is -0.610. The second kappa shape index (κ2) is 5.83. The third-order valence-electron chi connectivity index (χ3n) is 3.29. The number of hydrogen-bond acceptors (Lipinski definition) is 3. The number of hydrogen-bond donors (Lipinski definition) is 1. The van der Waals surface area contributed by atoms with Crippen molar-refractivity contribution in [3.8, 4) is 0 Å². The van der Waals surface area contributed by atoms with Crippen LogP contribution in [0.3, 0.4) is 0 Å². The van der Waals surface area contributed by atoms with E-state index in [9.17, 15) is 5.11 Å². The first kappa shape index (κ1) is 12.8. The van der Waals surface area contributed by atoms with E-state index in [1.54, 1.807) is 0 Å². The number of aliphatic hydroxyl groups excluding tert-OH is 1. The lowest BCUT2D eigenvalue weighted by molar-refractivity contribution is 0.0806. The highest BCUT2D eigenvalue weighted by atomic mass is 35.5. The molecule has 1 fully saturated rings.